The van der Waals surface area contributed by atoms with E-state index in [9.17, 15) is 13.0 Å². The van der Waals surface area contributed by atoms with Crippen LogP contribution < -0.4 is 0 Å². The van der Waals surface area contributed by atoms with Gasteiger partial charge in [0.2, 0.25) is 0 Å². The molecule has 0 saturated carbocycles. The Morgan fingerprint density at radius 1 is 0.786 bits per heavy atom. The highest BCUT2D eigenvalue weighted by Gasteiger charge is 2.22. The smallest absolute Gasteiger partial charge is 0.282 e. The molecule has 4 heteroatoms. The molecule has 0 aliphatic heterocycles. The molecule has 2 aromatic rings. The van der Waals surface area contributed by atoms with E-state index in [1.54, 1.807) is 0 Å². The fourth-order valence-corrected chi connectivity index (χ4v) is 5.06. The van der Waals surface area contributed by atoms with Crippen molar-refractivity contribution in [3.05, 3.63) is 41.5 Å². The van der Waals surface area contributed by atoms with Crippen LogP contribution in [0.2, 0.25) is 0 Å². The summed E-state index contributed by atoms with van der Waals surface area (Å²) in [5.41, 5.74) is 1.59. The zero-order chi connectivity index (χ0) is 20.4. The third-order valence-corrected chi connectivity index (χ3v) is 6.54. The van der Waals surface area contributed by atoms with Crippen molar-refractivity contribution >= 4 is 20.9 Å². The lowest BCUT2D eigenvalue weighted by Crippen LogP contribution is -2.09. The summed E-state index contributed by atoms with van der Waals surface area (Å²) < 4.78 is 34.8. The van der Waals surface area contributed by atoms with Gasteiger partial charge in [0.1, 0.15) is 4.90 Å². The van der Waals surface area contributed by atoms with Crippen LogP contribution in [0.1, 0.15) is 89.2 Å². The molecule has 0 aliphatic carbocycles. The Bertz CT molecular complexity index is 840. The SMILES string of the molecule is CCCCCCCc1cc2ccccc2c(CCCCCCC)c1S(=O)(=O)O. The molecule has 1 N–H and O–H groups in total. The third-order valence-electron chi connectivity index (χ3n) is 5.52. The summed E-state index contributed by atoms with van der Waals surface area (Å²) in [7, 11) is -4.25. The Balaban J connectivity index is 2.35. The average molecular weight is 405 g/mol. The maximum absolute atomic E-state index is 12.3. The number of unbranched alkanes of at least 4 members (excludes halogenated alkanes) is 8. The molecule has 2 rings (SSSR count). The van der Waals surface area contributed by atoms with Crippen molar-refractivity contribution in [1.29, 1.82) is 0 Å². The van der Waals surface area contributed by atoms with Crippen molar-refractivity contribution in [3.63, 3.8) is 0 Å². The first-order valence-corrected chi connectivity index (χ1v) is 12.4. The molecule has 0 aromatic heterocycles. The lowest BCUT2D eigenvalue weighted by molar-refractivity contribution is 0.480. The second-order valence-electron chi connectivity index (χ2n) is 7.87. The van der Waals surface area contributed by atoms with Crippen molar-refractivity contribution in [2.24, 2.45) is 0 Å². The minimum atomic E-state index is -4.25. The van der Waals surface area contributed by atoms with Gasteiger partial charge >= 0.3 is 0 Å². The van der Waals surface area contributed by atoms with Gasteiger partial charge in [-0.3, -0.25) is 4.55 Å². The summed E-state index contributed by atoms with van der Waals surface area (Å²) in [5.74, 6) is 0. The summed E-state index contributed by atoms with van der Waals surface area (Å²) in [6.07, 6.45) is 12.6. The summed E-state index contributed by atoms with van der Waals surface area (Å²) >= 11 is 0. The lowest BCUT2D eigenvalue weighted by Gasteiger charge is -2.16. The fraction of sp³-hybridized carbons (Fsp3) is 0.583. The second-order valence-corrected chi connectivity index (χ2v) is 9.23. The van der Waals surface area contributed by atoms with Crippen LogP contribution in [0, 0.1) is 0 Å². The molecule has 28 heavy (non-hydrogen) atoms. The van der Waals surface area contributed by atoms with Crippen LogP contribution in [0.4, 0.5) is 0 Å². The minimum Gasteiger partial charge on any atom is -0.282 e. The lowest BCUT2D eigenvalue weighted by atomic mass is 9.94. The predicted octanol–water partition coefficient (Wildman–Crippen LogP) is 7.11. The summed E-state index contributed by atoms with van der Waals surface area (Å²) in [5, 5.41) is 2.03. The van der Waals surface area contributed by atoms with E-state index in [1.807, 2.05) is 30.3 Å². The zero-order valence-corrected chi connectivity index (χ0v) is 18.4. The molecule has 0 bridgehead atoms. The third kappa shape index (κ3) is 6.59. The Hall–Kier alpha value is -1.39. The van der Waals surface area contributed by atoms with Crippen LogP contribution in [0.15, 0.2) is 35.2 Å². The number of rotatable bonds is 13. The summed E-state index contributed by atoms with van der Waals surface area (Å²) in [4.78, 5) is 0.178. The molecular formula is C24H36O3S. The van der Waals surface area contributed by atoms with E-state index in [0.717, 1.165) is 47.6 Å². The van der Waals surface area contributed by atoms with Crippen LogP contribution in [0.5, 0.6) is 0 Å². The van der Waals surface area contributed by atoms with E-state index in [0.29, 0.717) is 12.8 Å². The van der Waals surface area contributed by atoms with Crippen LogP contribution >= 0.6 is 0 Å². The number of hydrogen-bond acceptors (Lipinski definition) is 2. The molecule has 0 unspecified atom stereocenters. The van der Waals surface area contributed by atoms with E-state index in [-0.39, 0.29) is 4.90 Å². The highest BCUT2D eigenvalue weighted by molar-refractivity contribution is 7.86. The van der Waals surface area contributed by atoms with Crippen LogP contribution in [0.3, 0.4) is 0 Å². The Morgan fingerprint density at radius 3 is 1.96 bits per heavy atom. The predicted molar refractivity (Wildman–Crippen MR) is 119 cm³/mol. The average Bonchev–Trinajstić information content (AvgIpc) is 2.66. The maximum atomic E-state index is 12.3. The van der Waals surface area contributed by atoms with Gasteiger partial charge in [0.15, 0.2) is 0 Å². The molecule has 0 fully saturated rings. The van der Waals surface area contributed by atoms with Crippen LogP contribution in [-0.4, -0.2) is 13.0 Å². The largest absolute Gasteiger partial charge is 0.295 e. The number of benzene rings is 2. The highest BCUT2D eigenvalue weighted by atomic mass is 32.2. The molecule has 3 nitrogen and oxygen atoms in total. The zero-order valence-electron chi connectivity index (χ0n) is 17.5. The highest BCUT2D eigenvalue weighted by Crippen LogP contribution is 2.32. The van der Waals surface area contributed by atoms with Crippen molar-refractivity contribution < 1.29 is 13.0 Å². The quantitative estimate of drug-likeness (QED) is 0.286. The van der Waals surface area contributed by atoms with Crippen molar-refractivity contribution in [3.8, 4) is 0 Å². The van der Waals surface area contributed by atoms with Crippen molar-refractivity contribution in [2.45, 2.75) is 95.8 Å². The Kier molecular flexibility index (Phi) is 9.46. The molecule has 2 aromatic carbocycles. The van der Waals surface area contributed by atoms with E-state index in [1.165, 1.54) is 38.5 Å². The molecule has 0 aliphatic rings. The first-order chi connectivity index (χ1) is 13.5. The Labute approximate surface area is 171 Å². The minimum absolute atomic E-state index is 0.178. The molecular weight excluding hydrogens is 368 g/mol. The van der Waals surface area contributed by atoms with Gasteiger partial charge in [-0.25, -0.2) is 0 Å². The standard InChI is InChI=1S/C24H36O3S/c1-3-5-7-9-11-16-21-19-20-15-13-14-17-22(20)23(24(21)28(25,26)27)18-12-10-8-6-4-2/h13-15,17,19H,3-12,16,18H2,1-2H3,(H,25,26,27). The van der Waals surface area contributed by atoms with Gasteiger partial charge in [-0.05, 0) is 53.6 Å². The molecule has 0 heterocycles. The molecule has 156 valence electrons. The Morgan fingerprint density at radius 2 is 1.36 bits per heavy atom. The second kappa shape index (κ2) is 11.6. The van der Waals surface area contributed by atoms with Crippen molar-refractivity contribution in [1.82, 2.24) is 0 Å². The van der Waals surface area contributed by atoms with Gasteiger partial charge in [0.25, 0.3) is 10.1 Å². The molecule has 0 amide bonds. The fourth-order valence-electron chi connectivity index (χ4n) is 4.05. The van der Waals surface area contributed by atoms with Crippen LogP contribution in [-0.2, 0) is 23.0 Å². The molecule has 0 spiro atoms. The first kappa shape index (κ1) is 22.9. The van der Waals surface area contributed by atoms with Gasteiger partial charge in [-0.1, -0.05) is 89.5 Å². The molecule has 0 saturated heterocycles. The van der Waals surface area contributed by atoms with Gasteiger partial charge in [0, 0.05) is 0 Å². The van der Waals surface area contributed by atoms with E-state index in [2.05, 4.69) is 13.8 Å². The van der Waals surface area contributed by atoms with Crippen molar-refractivity contribution in [2.75, 3.05) is 0 Å². The van der Waals surface area contributed by atoms with Crippen LogP contribution in [0.25, 0.3) is 10.8 Å². The first-order valence-electron chi connectivity index (χ1n) is 11.0. The van der Waals surface area contributed by atoms with Gasteiger partial charge in [-0.2, -0.15) is 8.42 Å². The monoisotopic (exact) mass is 404 g/mol. The van der Waals surface area contributed by atoms with E-state index < -0.39 is 10.1 Å². The molecule has 0 atom stereocenters. The molecule has 0 radical (unpaired) electrons. The number of aryl methyl sites for hydroxylation is 2. The number of fused-ring (bicyclic) bond motifs is 1. The van der Waals surface area contributed by atoms with E-state index >= 15 is 0 Å². The normalized spacial score (nSPS) is 12.0. The topological polar surface area (TPSA) is 54.4 Å². The van der Waals surface area contributed by atoms with Gasteiger partial charge < -0.3 is 0 Å². The van der Waals surface area contributed by atoms with Gasteiger partial charge in [-0.15, -0.1) is 0 Å². The summed E-state index contributed by atoms with van der Waals surface area (Å²) in [6.45, 7) is 4.38. The van der Waals surface area contributed by atoms with E-state index in [4.69, 9.17) is 0 Å². The number of hydrogen-bond donors (Lipinski definition) is 1. The summed E-state index contributed by atoms with van der Waals surface area (Å²) in [6, 6.07) is 9.94. The van der Waals surface area contributed by atoms with Gasteiger partial charge in [0.05, 0.1) is 0 Å². The maximum Gasteiger partial charge on any atom is 0.295 e.